The minimum atomic E-state index is -4.74. The molecule has 1 fully saturated rings. The quantitative estimate of drug-likeness (QED) is 0.500. The number of alkyl halides is 3. The van der Waals surface area contributed by atoms with Crippen LogP contribution in [0.25, 0.3) is 0 Å². The fourth-order valence-corrected chi connectivity index (χ4v) is 4.26. The summed E-state index contributed by atoms with van der Waals surface area (Å²) in [6.07, 6.45) is -3.55. The molecule has 198 valence electrons. The van der Waals surface area contributed by atoms with Gasteiger partial charge in [0.15, 0.2) is 11.5 Å². The number of hydrogen-bond donors (Lipinski definition) is 1. The largest absolute Gasteiger partial charge is 0.433 e. The maximum atomic E-state index is 14.1. The molecule has 1 aliphatic rings. The molecule has 37 heavy (non-hydrogen) atoms. The van der Waals surface area contributed by atoms with Crippen molar-refractivity contribution in [2.24, 2.45) is 0 Å². The van der Waals surface area contributed by atoms with Gasteiger partial charge >= 0.3 is 6.18 Å². The fraction of sp³-hybridized carbons (Fsp3) is 0.440. The summed E-state index contributed by atoms with van der Waals surface area (Å²) in [7, 11) is 0. The fourth-order valence-electron chi connectivity index (χ4n) is 4.26. The first-order valence-electron chi connectivity index (χ1n) is 11.7. The highest BCUT2D eigenvalue weighted by atomic mass is 19.4. The Labute approximate surface area is 211 Å². The van der Waals surface area contributed by atoms with Crippen LogP contribution in [0.2, 0.25) is 0 Å². The van der Waals surface area contributed by atoms with E-state index in [2.05, 4.69) is 20.2 Å². The molecule has 1 saturated heterocycles. The summed E-state index contributed by atoms with van der Waals surface area (Å²) in [6, 6.07) is 3.41. The molecule has 0 atom stereocenters. The van der Waals surface area contributed by atoms with Crippen LogP contribution in [0.5, 0.6) is 0 Å². The van der Waals surface area contributed by atoms with Gasteiger partial charge < -0.3 is 14.9 Å². The van der Waals surface area contributed by atoms with Crippen LogP contribution in [0.3, 0.4) is 0 Å². The van der Waals surface area contributed by atoms with Crippen molar-refractivity contribution < 1.29 is 27.1 Å². The SMILES string of the molecule is Cc1c(Cc2ccc(F)cc2F)nnc(N2CCN(c3ncc(C(C)(C)O)c(C(F)(F)F)n3)CC2)c1C. The van der Waals surface area contributed by atoms with Crippen LogP contribution in [0, 0.1) is 25.5 Å². The Kier molecular flexibility index (Phi) is 7.06. The van der Waals surface area contributed by atoms with E-state index >= 15 is 0 Å². The lowest BCUT2D eigenvalue weighted by molar-refractivity contribution is -0.144. The average Bonchev–Trinajstić information content (AvgIpc) is 2.82. The molecule has 4 rings (SSSR count). The van der Waals surface area contributed by atoms with Crippen molar-refractivity contribution >= 4 is 11.8 Å². The molecule has 0 aliphatic carbocycles. The van der Waals surface area contributed by atoms with Crippen LogP contribution in [0.15, 0.2) is 24.4 Å². The van der Waals surface area contributed by atoms with Crippen LogP contribution in [-0.4, -0.2) is 51.5 Å². The third-order valence-electron chi connectivity index (χ3n) is 6.53. The minimum absolute atomic E-state index is 0.0596. The summed E-state index contributed by atoms with van der Waals surface area (Å²) in [4.78, 5) is 11.5. The molecular weight excluding hydrogens is 495 g/mol. The van der Waals surface area contributed by atoms with Gasteiger partial charge in [-0.25, -0.2) is 18.7 Å². The zero-order valence-corrected chi connectivity index (χ0v) is 20.9. The van der Waals surface area contributed by atoms with Gasteiger partial charge in [0.2, 0.25) is 5.95 Å². The predicted octanol–water partition coefficient (Wildman–Crippen LogP) is 4.33. The molecule has 0 bridgehead atoms. The lowest BCUT2D eigenvalue weighted by Gasteiger charge is -2.36. The summed E-state index contributed by atoms with van der Waals surface area (Å²) in [6.45, 7) is 7.83. The molecule has 0 spiro atoms. The number of aliphatic hydroxyl groups is 1. The van der Waals surface area contributed by atoms with E-state index in [4.69, 9.17) is 0 Å². The lowest BCUT2D eigenvalue weighted by atomic mass is 9.98. The summed E-state index contributed by atoms with van der Waals surface area (Å²) in [5.41, 5.74) is -0.714. The van der Waals surface area contributed by atoms with Gasteiger partial charge in [-0.1, -0.05) is 6.07 Å². The topological polar surface area (TPSA) is 78.3 Å². The van der Waals surface area contributed by atoms with E-state index in [9.17, 15) is 27.1 Å². The van der Waals surface area contributed by atoms with E-state index in [1.54, 1.807) is 4.90 Å². The zero-order valence-electron chi connectivity index (χ0n) is 20.9. The second-order valence-corrected chi connectivity index (χ2v) is 9.60. The Hall–Kier alpha value is -3.41. The Morgan fingerprint density at radius 3 is 2.19 bits per heavy atom. The normalized spacial score (nSPS) is 14.9. The summed E-state index contributed by atoms with van der Waals surface area (Å²) >= 11 is 0. The van der Waals surface area contributed by atoms with Gasteiger partial charge in [-0.15, -0.1) is 5.10 Å². The van der Waals surface area contributed by atoms with Gasteiger partial charge in [0.25, 0.3) is 0 Å². The number of halogens is 5. The van der Waals surface area contributed by atoms with E-state index in [0.29, 0.717) is 43.3 Å². The predicted molar refractivity (Wildman–Crippen MR) is 127 cm³/mol. The van der Waals surface area contributed by atoms with Gasteiger partial charge in [-0.2, -0.15) is 18.3 Å². The van der Waals surface area contributed by atoms with Crippen LogP contribution in [0.4, 0.5) is 33.7 Å². The molecule has 0 saturated carbocycles. The molecule has 1 N–H and O–H groups in total. The number of piperazine rings is 1. The highest BCUT2D eigenvalue weighted by Crippen LogP contribution is 2.36. The second kappa shape index (κ2) is 9.81. The van der Waals surface area contributed by atoms with E-state index in [-0.39, 0.29) is 17.9 Å². The van der Waals surface area contributed by atoms with Crippen molar-refractivity contribution in [3.63, 3.8) is 0 Å². The second-order valence-electron chi connectivity index (χ2n) is 9.60. The highest BCUT2D eigenvalue weighted by molar-refractivity contribution is 5.52. The van der Waals surface area contributed by atoms with Gasteiger partial charge in [-0.05, 0) is 50.5 Å². The monoisotopic (exact) mass is 522 g/mol. The molecule has 3 aromatic rings. The molecule has 1 aliphatic heterocycles. The number of anilines is 2. The smallest absolute Gasteiger partial charge is 0.386 e. The van der Waals surface area contributed by atoms with Crippen LogP contribution >= 0.6 is 0 Å². The average molecular weight is 523 g/mol. The first-order valence-corrected chi connectivity index (χ1v) is 11.7. The van der Waals surface area contributed by atoms with Gasteiger partial charge in [0.1, 0.15) is 11.6 Å². The molecular formula is C25H27F5N6O. The van der Waals surface area contributed by atoms with Crippen LogP contribution in [0.1, 0.15) is 47.5 Å². The van der Waals surface area contributed by atoms with Crippen molar-refractivity contribution in [2.75, 3.05) is 36.0 Å². The number of rotatable bonds is 5. The van der Waals surface area contributed by atoms with Crippen molar-refractivity contribution in [2.45, 2.75) is 45.9 Å². The van der Waals surface area contributed by atoms with E-state index in [1.165, 1.54) is 26.0 Å². The van der Waals surface area contributed by atoms with Crippen molar-refractivity contribution in [1.29, 1.82) is 0 Å². The summed E-state index contributed by atoms with van der Waals surface area (Å²) < 4.78 is 68.2. The van der Waals surface area contributed by atoms with Crippen molar-refractivity contribution in [3.05, 3.63) is 69.7 Å². The molecule has 7 nitrogen and oxygen atoms in total. The number of hydrogen-bond acceptors (Lipinski definition) is 7. The molecule has 0 unspecified atom stereocenters. The van der Waals surface area contributed by atoms with E-state index in [0.717, 1.165) is 23.4 Å². The van der Waals surface area contributed by atoms with E-state index in [1.807, 2.05) is 18.7 Å². The highest BCUT2D eigenvalue weighted by Gasteiger charge is 2.40. The van der Waals surface area contributed by atoms with Gasteiger partial charge in [0.05, 0.1) is 11.3 Å². The number of benzene rings is 1. The Balaban J connectivity index is 1.50. The number of aromatic nitrogens is 4. The summed E-state index contributed by atoms with van der Waals surface area (Å²) in [5, 5.41) is 18.7. The van der Waals surface area contributed by atoms with Crippen LogP contribution < -0.4 is 9.80 Å². The van der Waals surface area contributed by atoms with Gasteiger partial charge in [-0.3, -0.25) is 0 Å². The maximum Gasteiger partial charge on any atom is 0.433 e. The molecule has 2 aromatic heterocycles. The standard InChI is InChI=1S/C25H27F5N6O/c1-14-15(2)22(34-33-20(14)11-16-5-6-17(26)12-19(16)27)35-7-9-36(10-8-35)23-31-13-18(24(3,4)37)21(32-23)25(28,29)30/h5-6,12-13,37H,7-11H2,1-4H3. The minimum Gasteiger partial charge on any atom is -0.386 e. The molecule has 3 heterocycles. The third-order valence-corrected chi connectivity index (χ3v) is 6.53. The lowest BCUT2D eigenvalue weighted by Crippen LogP contribution is -2.48. The Morgan fingerprint density at radius 1 is 0.946 bits per heavy atom. The van der Waals surface area contributed by atoms with Gasteiger partial charge in [0, 0.05) is 50.4 Å². The van der Waals surface area contributed by atoms with E-state index < -0.39 is 29.1 Å². The maximum absolute atomic E-state index is 14.1. The van der Waals surface area contributed by atoms with Crippen LogP contribution in [-0.2, 0) is 18.2 Å². The number of nitrogens with zero attached hydrogens (tertiary/aromatic N) is 6. The molecule has 12 heteroatoms. The first kappa shape index (κ1) is 26.6. The third kappa shape index (κ3) is 5.63. The summed E-state index contributed by atoms with van der Waals surface area (Å²) in [5.74, 6) is -0.723. The molecule has 1 aromatic carbocycles. The molecule has 0 radical (unpaired) electrons. The Morgan fingerprint density at radius 2 is 1.59 bits per heavy atom. The Bertz CT molecular complexity index is 1300. The first-order chi connectivity index (χ1) is 17.3. The molecule has 0 amide bonds. The zero-order chi connectivity index (χ0) is 27.1. The van der Waals surface area contributed by atoms with Crippen molar-refractivity contribution in [1.82, 2.24) is 20.2 Å². The van der Waals surface area contributed by atoms with Crippen molar-refractivity contribution in [3.8, 4) is 0 Å².